The maximum absolute atomic E-state index is 13.1. The first-order chi connectivity index (χ1) is 19.2. The maximum Gasteiger partial charge on any atom is 0.256 e. The Morgan fingerprint density at radius 1 is 1.05 bits per heavy atom. The summed E-state index contributed by atoms with van der Waals surface area (Å²) in [7, 11) is 0. The average Bonchev–Trinajstić information content (AvgIpc) is 3.67. The topological polar surface area (TPSA) is 154 Å². The highest BCUT2D eigenvalue weighted by Crippen LogP contribution is 2.31. The summed E-state index contributed by atoms with van der Waals surface area (Å²) in [4.78, 5) is 36.0. The average molecular weight is 542 g/mol. The molecule has 1 aromatic carbocycles. The molecule has 0 radical (unpaired) electrons. The van der Waals surface area contributed by atoms with Crippen molar-refractivity contribution in [2.24, 2.45) is 0 Å². The summed E-state index contributed by atoms with van der Waals surface area (Å²) in [6, 6.07) is 8.07. The van der Waals surface area contributed by atoms with E-state index >= 15 is 0 Å². The minimum absolute atomic E-state index is 0.126. The number of carbonyl (C=O) groups excluding carboxylic acids is 1. The quantitative estimate of drug-likeness (QED) is 0.285. The van der Waals surface area contributed by atoms with Gasteiger partial charge in [0.2, 0.25) is 5.95 Å². The van der Waals surface area contributed by atoms with Crippen LogP contribution in [0.3, 0.4) is 0 Å². The van der Waals surface area contributed by atoms with Gasteiger partial charge in [-0.15, -0.1) is 0 Å². The van der Waals surface area contributed by atoms with Gasteiger partial charge in [-0.05, 0) is 37.5 Å². The van der Waals surface area contributed by atoms with Gasteiger partial charge >= 0.3 is 0 Å². The molecule has 1 saturated carbocycles. The van der Waals surface area contributed by atoms with E-state index in [0.29, 0.717) is 40.0 Å². The number of anilines is 5. The summed E-state index contributed by atoms with van der Waals surface area (Å²) in [5, 5.41) is 13.5. The molecule has 4 heterocycles. The van der Waals surface area contributed by atoms with Crippen LogP contribution in [0.4, 0.5) is 29.1 Å². The Kier molecular flexibility index (Phi) is 6.49. The first kappa shape index (κ1) is 25.9. The number of benzene rings is 1. The molecule has 0 spiro atoms. The van der Waals surface area contributed by atoms with Gasteiger partial charge in [0, 0.05) is 55.0 Å². The van der Waals surface area contributed by atoms with Gasteiger partial charge < -0.3 is 21.3 Å². The van der Waals surface area contributed by atoms with E-state index in [0.717, 1.165) is 49.2 Å². The number of aromatic nitrogens is 6. The fraction of sp³-hybridized carbons (Fsp3) is 0.429. The summed E-state index contributed by atoms with van der Waals surface area (Å²) in [5.41, 5.74) is 10.3. The predicted molar refractivity (Wildman–Crippen MR) is 156 cm³/mol. The molecular weight excluding hydrogens is 506 g/mol. The molecule has 0 atom stereocenters. The van der Waals surface area contributed by atoms with Crippen molar-refractivity contribution < 1.29 is 4.79 Å². The lowest BCUT2D eigenvalue weighted by atomic mass is 9.92. The van der Waals surface area contributed by atoms with Crippen LogP contribution >= 0.6 is 0 Å². The van der Waals surface area contributed by atoms with Crippen molar-refractivity contribution in [1.82, 2.24) is 35.0 Å². The van der Waals surface area contributed by atoms with Gasteiger partial charge in [0.1, 0.15) is 23.2 Å². The van der Waals surface area contributed by atoms with Gasteiger partial charge in [-0.3, -0.25) is 14.8 Å². The van der Waals surface area contributed by atoms with Crippen molar-refractivity contribution in [2.45, 2.75) is 52.0 Å². The number of carbonyl (C=O) groups is 1. The molecule has 2 fully saturated rings. The number of aromatic amines is 1. The number of hydrogen-bond acceptors (Lipinski definition) is 10. The first-order valence-corrected chi connectivity index (χ1v) is 13.7. The summed E-state index contributed by atoms with van der Waals surface area (Å²) in [5.74, 6) is 1.69. The third-order valence-corrected chi connectivity index (χ3v) is 7.50. The smallest absolute Gasteiger partial charge is 0.256 e. The van der Waals surface area contributed by atoms with Crippen molar-refractivity contribution in [3.63, 3.8) is 0 Å². The zero-order chi connectivity index (χ0) is 28.0. The predicted octanol–water partition coefficient (Wildman–Crippen LogP) is 3.61. The van der Waals surface area contributed by atoms with Crippen LogP contribution in [-0.2, 0) is 5.41 Å². The molecule has 1 aliphatic carbocycles. The fourth-order valence-electron chi connectivity index (χ4n) is 4.91. The lowest BCUT2D eigenvalue weighted by Gasteiger charge is -2.34. The van der Waals surface area contributed by atoms with Crippen LogP contribution in [0.15, 0.2) is 30.6 Å². The number of amides is 1. The summed E-state index contributed by atoms with van der Waals surface area (Å²) in [6.07, 6.45) is 4.04. The number of fused-ring (bicyclic) bond motifs is 1. The molecule has 0 bridgehead atoms. The van der Waals surface area contributed by atoms with Gasteiger partial charge in [-0.1, -0.05) is 26.8 Å². The zero-order valence-electron chi connectivity index (χ0n) is 23.3. The molecule has 0 unspecified atom stereocenters. The standard InChI is InChI=1S/C28H35N11O/c1-16-5-6-17(26(40)33-21-14-20(36-37-21)28(2,3)4)13-19(16)32-25-23-22(30-15-31-25)24(29)35-27(34-23)39-11-9-38(10-12-39)18-7-8-18/h5-6,13-15,18H,7-12H2,1-4H3,(H2,29,34,35)(H,30,31,32)(H2,33,36,37,40). The van der Waals surface area contributed by atoms with Crippen molar-refractivity contribution in [3.05, 3.63) is 47.4 Å². The highest BCUT2D eigenvalue weighted by atomic mass is 16.1. The Morgan fingerprint density at radius 3 is 2.52 bits per heavy atom. The van der Waals surface area contributed by atoms with Crippen molar-refractivity contribution in [2.75, 3.05) is 47.4 Å². The maximum atomic E-state index is 13.1. The number of nitrogens with zero attached hydrogens (tertiary/aromatic N) is 7. The molecule has 40 heavy (non-hydrogen) atoms. The van der Waals surface area contributed by atoms with Crippen molar-refractivity contribution >= 4 is 46.0 Å². The Hall–Kier alpha value is -4.32. The zero-order valence-corrected chi connectivity index (χ0v) is 23.3. The second-order valence-corrected chi connectivity index (χ2v) is 11.6. The van der Waals surface area contributed by atoms with E-state index in [1.165, 1.54) is 19.2 Å². The van der Waals surface area contributed by atoms with E-state index < -0.39 is 0 Å². The van der Waals surface area contributed by atoms with Crippen LogP contribution in [0, 0.1) is 6.92 Å². The number of H-pyrrole nitrogens is 1. The molecular formula is C28H35N11O. The van der Waals surface area contributed by atoms with Crippen molar-refractivity contribution in [3.8, 4) is 0 Å². The molecule has 1 saturated heterocycles. The van der Waals surface area contributed by atoms with E-state index in [1.54, 1.807) is 12.1 Å². The van der Waals surface area contributed by atoms with E-state index in [1.807, 2.05) is 19.1 Å². The summed E-state index contributed by atoms with van der Waals surface area (Å²) < 4.78 is 0. The molecule has 3 aromatic heterocycles. The number of nitrogen functional groups attached to an aromatic ring is 1. The SMILES string of the molecule is Cc1ccc(C(=O)Nc2cc(C(C)(C)C)n[nH]2)cc1Nc1ncnc2c(N)nc(N3CCN(C4CC4)CC3)nc12. The van der Waals surface area contributed by atoms with Crippen LogP contribution in [0.1, 0.15) is 55.2 Å². The van der Waals surface area contributed by atoms with E-state index in [-0.39, 0.29) is 11.3 Å². The number of rotatable bonds is 6. The lowest BCUT2D eigenvalue weighted by molar-refractivity contribution is 0.102. The molecule has 5 N–H and O–H groups in total. The van der Waals surface area contributed by atoms with Gasteiger partial charge in [0.25, 0.3) is 5.91 Å². The van der Waals surface area contributed by atoms with Gasteiger partial charge in [-0.25, -0.2) is 15.0 Å². The van der Waals surface area contributed by atoms with Crippen LogP contribution in [0.5, 0.6) is 0 Å². The van der Waals surface area contributed by atoms with Gasteiger partial charge in [0.15, 0.2) is 11.6 Å². The largest absolute Gasteiger partial charge is 0.382 e. The molecule has 6 rings (SSSR count). The highest BCUT2D eigenvalue weighted by Gasteiger charge is 2.32. The van der Waals surface area contributed by atoms with Crippen LogP contribution in [-0.4, -0.2) is 73.2 Å². The van der Waals surface area contributed by atoms with E-state index in [9.17, 15) is 4.79 Å². The molecule has 1 aliphatic heterocycles. The van der Waals surface area contributed by atoms with Crippen LogP contribution < -0.4 is 21.3 Å². The normalized spacial score (nSPS) is 16.4. The summed E-state index contributed by atoms with van der Waals surface area (Å²) in [6.45, 7) is 11.9. The number of hydrogen-bond donors (Lipinski definition) is 4. The monoisotopic (exact) mass is 541 g/mol. The summed E-state index contributed by atoms with van der Waals surface area (Å²) >= 11 is 0. The Bertz CT molecular complexity index is 1560. The van der Waals surface area contributed by atoms with Crippen molar-refractivity contribution in [1.29, 1.82) is 0 Å². The number of nitrogens with one attached hydrogen (secondary N) is 3. The van der Waals surface area contributed by atoms with Crippen LogP contribution in [0.25, 0.3) is 11.0 Å². The number of nitrogens with two attached hydrogens (primary N) is 1. The Balaban J connectivity index is 1.24. The minimum Gasteiger partial charge on any atom is -0.382 e. The fourth-order valence-corrected chi connectivity index (χ4v) is 4.91. The second kappa shape index (κ2) is 10.0. The Labute approximate surface area is 232 Å². The molecule has 2 aliphatic rings. The third-order valence-electron chi connectivity index (χ3n) is 7.50. The Morgan fingerprint density at radius 2 is 1.82 bits per heavy atom. The number of aryl methyl sites for hydroxylation is 1. The third kappa shape index (κ3) is 5.26. The van der Waals surface area contributed by atoms with E-state index in [4.69, 9.17) is 10.7 Å². The van der Waals surface area contributed by atoms with Gasteiger partial charge in [-0.2, -0.15) is 10.1 Å². The van der Waals surface area contributed by atoms with E-state index in [2.05, 4.69) is 66.4 Å². The van der Waals surface area contributed by atoms with Crippen LogP contribution in [0.2, 0.25) is 0 Å². The second-order valence-electron chi connectivity index (χ2n) is 11.6. The van der Waals surface area contributed by atoms with Gasteiger partial charge in [0.05, 0.1) is 5.69 Å². The molecule has 12 heteroatoms. The first-order valence-electron chi connectivity index (χ1n) is 13.7. The molecule has 208 valence electrons. The minimum atomic E-state index is -0.251. The molecule has 4 aromatic rings. The molecule has 1 amide bonds. The number of piperazine rings is 1. The highest BCUT2D eigenvalue weighted by molar-refractivity contribution is 6.04. The molecule has 12 nitrogen and oxygen atoms in total. The lowest BCUT2D eigenvalue weighted by Crippen LogP contribution is -2.47.